The number of nitrogens with one attached hydrogen (secondary N) is 1. The van der Waals surface area contributed by atoms with Crippen molar-refractivity contribution in [2.24, 2.45) is 5.92 Å². The van der Waals surface area contributed by atoms with Crippen LogP contribution in [0.5, 0.6) is 0 Å². The fourth-order valence-corrected chi connectivity index (χ4v) is 4.46. The van der Waals surface area contributed by atoms with Crippen molar-refractivity contribution in [2.75, 3.05) is 32.7 Å². The van der Waals surface area contributed by atoms with Crippen LogP contribution in [0.1, 0.15) is 89.2 Å². The molecule has 1 aliphatic rings. The first kappa shape index (κ1) is 22.4. The Morgan fingerprint density at radius 1 is 0.963 bits per heavy atom. The molecule has 0 aliphatic carbocycles. The summed E-state index contributed by atoms with van der Waals surface area (Å²) in [5, 5.41) is 3.59. The Kier molecular flexibility index (Phi) is 11.1. The lowest BCUT2D eigenvalue weighted by atomic mass is 9.88. The Hall–Kier alpha value is -0.860. The summed E-state index contributed by atoms with van der Waals surface area (Å²) in [5.74, 6) is 1.62. The summed E-state index contributed by atoms with van der Waals surface area (Å²) in [5.41, 5.74) is 3.04. The molecule has 1 heterocycles. The van der Waals surface area contributed by atoms with Crippen LogP contribution < -0.4 is 5.32 Å². The maximum Gasteiger partial charge on any atom is 0.000702 e. The quantitative estimate of drug-likeness (QED) is 0.426. The van der Waals surface area contributed by atoms with Gasteiger partial charge >= 0.3 is 0 Å². The second kappa shape index (κ2) is 13.3. The molecule has 1 atom stereocenters. The van der Waals surface area contributed by atoms with Crippen molar-refractivity contribution in [3.8, 4) is 0 Å². The van der Waals surface area contributed by atoms with Crippen molar-refractivity contribution >= 4 is 0 Å². The van der Waals surface area contributed by atoms with Crippen LogP contribution in [0, 0.1) is 5.92 Å². The van der Waals surface area contributed by atoms with Gasteiger partial charge in [-0.15, -0.1) is 0 Å². The van der Waals surface area contributed by atoms with Crippen LogP contribution >= 0.6 is 0 Å². The summed E-state index contributed by atoms with van der Waals surface area (Å²) in [6.07, 6.45) is 11.9. The Bertz CT molecular complexity index is 474. The molecule has 1 saturated heterocycles. The lowest BCUT2D eigenvalue weighted by Crippen LogP contribution is -2.36. The largest absolute Gasteiger partial charge is 0.316 e. The fraction of sp³-hybridized carbons (Fsp3) is 0.760. The zero-order chi connectivity index (χ0) is 19.3. The molecule has 1 aromatic rings. The van der Waals surface area contributed by atoms with E-state index in [2.05, 4.69) is 55.3 Å². The number of unbranched alkanes of at least 4 members (excludes halogenated alkanes) is 3. The van der Waals surface area contributed by atoms with Gasteiger partial charge in [-0.05, 0) is 81.2 Å². The molecule has 0 saturated carbocycles. The van der Waals surface area contributed by atoms with Gasteiger partial charge in [0.15, 0.2) is 0 Å². The molecule has 154 valence electrons. The van der Waals surface area contributed by atoms with Crippen LogP contribution in [-0.2, 0) is 6.42 Å². The molecule has 1 fully saturated rings. The highest BCUT2D eigenvalue weighted by Crippen LogP contribution is 2.28. The van der Waals surface area contributed by atoms with Crippen LogP contribution in [0.15, 0.2) is 24.3 Å². The van der Waals surface area contributed by atoms with E-state index < -0.39 is 0 Å². The maximum atomic E-state index is 3.59. The summed E-state index contributed by atoms with van der Waals surface area (Å²) in [7, 11) is 0. The minimum atomic E-state index is 0.772. The molecule has 0 aromatic heterocycles. The van der Waals surface area contributed by atoms with E-state index >= 15 is 0 Å². The molecular weight excluding hydrogens is 328 g/mol. The number of piperidine rings is 1. The summed E-state index contributed by atoms with van der Waals surface area (Å²) in [6, 6.07) is 9.53. The maximum absolute atomic E-state index is 3.59. The van der Waals surface area contributed by atoms with Gasteiger partial charge in [0.25, 0.3) is 0 Å². The number of hydrogen-bond donors (Lipinski definition) is 1. The summed E-state index contributed by atoms with van der Waals surface area (Å²) >= 11 is 0. The van der Waals surface area contributed by atoms with Crippen LogP contribution in [0.3, 0.4) is 0 Å². The molecule has 1 unspecified atom stereocenters. The number of nitrogens with zero attached hydrogens (tertiary/aromatic N) is 1. The van der Waals surface area contributed by atoms with Gasteiger partial charge in [0.1, 0.15) is 0 Å². The molecule has 2 nitrogen and oxygen atoms in total. The molecule has 0 radical (unpaired) electrons. The fourth-order valence-electron chi connectivity index (χ4n) is 4.46. The number of likely N-dealkylation sites (tertiary alicyclic amines) is 1. The zero-order valence-corrected chi connectivity index (χ0v) is 18.3. The topological polar surface area (TPSA) is 15.3 Å². The molecule has 0 bridgehead atoms. The van der Waals surface area contributed by atoms with Gasteiger partial charge in [-0.25, -0.2) is 0 Å². The Morgan fingerprint density at radius 3 is 2.37 bits per heavy atom. The van der Waals surface area contributed by atoms with E-state index in [1.165, 1.54) is 83.1 Å². The Morgan fingerprint density at radius 2 is 1.70 bits per heavy atom. The van der Waals surface area contributed by atoms with Crippen LogP contribution in [-0.4, -0.2) is 37.6 Å². The average Bonchev–Trinajstić information content (AvgIpc) is 2.69. The Balaban J connectivity index is 1.64. The van der Waals surface area contributed by atoms with E-state index in [0.717, 1.165) is 24.8 Å². The lowest BCUT2D eigenvalue weighted by molar-refractivity contribution is 0.183. The first-order valence-corrected chi connectivity index (χ1v) is 11.7. The van der Waals surface area contributed by atoms with Gasteiger partial charge in [-0.2, -0.15) is 0 Å². The highest BCUT2D eigenvalue weighted by molar-refractivity contribution is 5.26. The summed E-state index contributed by atoms with van der Waals surface area (Å²) < 4.78 is 0. The zero-order valence-electron chi connectivity index (χ0n) is 18.3. The lowest BCUT2D eigenvalue weighted by Gasteiger charge is -2.33. The minimum Gasteiger partial charge on any atom is -0.316 e. The normalized spacial score (nSPS) is 17.3. The van der Waals surface area contributed by atoms with Crippen molar-refractivity contribution in [1.82, 2.24) is 10.2 Å². The third-order valence-corrected chi connectivity index (χ3v) is 6.19. The average molecular weight is 373 g/mol. The molecule has 1 aliphatic heterocycles. The molecule has 2 rings (SSSR count). The van der Waals surface area contributed by atoms with Gasteiger partial charge in [-0.1, -0.05) is 70.7 Å². The first-order chi connectivity index (χ1) is 13.2. The van der Waals surface area contributed by atoms with Crippen LogP contribution in [0.25, 0.3) is 0 Å². The van der Waals surface area contributed by atoms with E-state index in [1.54, 1.807) is 5.56 Å². The van der Waals surface area contributed by atoms with Gasteiger partial charge in [0.05, 0.1) is 0 Å². The molecule has 2 heteroatoms. The van der Waals surface area contributed by atoms with Gasteiger partial charge in [0.2, 0.25) is 0 Å². The van der Waals surface area contributed by atoms with Crippen molar-refractivity contribution in [3.63, 3.8) is 0 Å². The SMILES string of the molecule is CCCCCCNCCc1ccc(C2CCN(CC(C)CCC)CC2)cc1. The minimum absolute atomic E-state index is 0.772. The van der Waals surface area contributed by atoms with E-state index in [1.807, 2.05) is 0 Å². The van der Waals surface area contributed by atoms with E-state index in [-0.39, 0.29) is 0 Å². The highest BCUT2D eigenvalue weighted by Gasteiger charge is 2.21. The van der Waals surface area contributed by atoms with E-state index in [4.69, 9.17) is 0 Å². The van der Waals surface area contributed by atoms with Crippen LogP contribution in [0.4, 0.5) is 0 Å². The predicted molar refractivity (Wildman–Crippen MR) is 120 cm³/mol. The molecular formula is C25H44N2. The molecule has 0 amide bonds. The van der Waals surface area contributed by atoms with Crippen molar-refractivity contribution < 1.29 is 0 Å². The number of benzene rings is 1. The van der Waals surface area contributed by atoms with Crippen molar-refractivity contribution in [3.05, 3.63) is 35.4 Å². The first-order valence-electron chi connectivity index (χ1n) is 11.7. The van der Waals surface area contributed by atoms with Crippen LogP contribution in [0.2, 0.25) is 0 Å². The van der Waals surface area contributed by atoms with Gasteiger partial charge in [-0.3, -0.25) is 0 Å². The number of hydrogen-bond acceptors (Lipinski definition) is 2. The van der Waals surface area contributed by atoms with E-state index in [0.29, 0.717) is 0 Å². The smallest absolute Gasteiger partial charge is 0.000702 e. The molecule has 0 spiro atoms. The monoisotopic (exact) mass is 372 g/mol. The second-order valence-electron chi connectivity index (χ2n) is 8.77. The summed E-state index contributed by atoms with van der Waals surface area (Å²) in [4.78, 5) is 2.69. The van der Waals surface area contributed by atoms with E-state index in [9.17, 15) is 0 Å². The third-order valence-electron chi connectivity index (χ3n) is 6.19. The molecule has 1 aromatic carbocycles. The Labute approximate surface area is 169 Å². The number of rotatable bonds is 13. The summed E-state index contributed by atoms with van der Waals surface area (Å²) in [6.45, 7) is 13.1. The van der Waals surface area contributed by atoms with Gasteiger partial charge < -0.3 is 10.2 Å². The van der Waals surface area contributed by atoms with Gasteiger partial charge in [0, 0.05) is 6.54 Å². The van der Waals surface area contributed by atoms with Crippen molar-refractivity contribution in [2.45, 2.75) is 84.5 Å². The van der Waals surface area contributed by atoms with Crippen molar-refractivity contribution in [1.29, 1.82) is 0 Å². The molecule has 27 heavy (non-hydrogen) atoms. The second-order valence-corrected chi connectivity index (χ2v) is 8.77. The standard InChI is InChI=1S/C25H44N2/c1-4-6-7-8-17-26-18-14-23-10-12-24(13-11-23)25-15-19-27(20-16-25)21-22(3)9-5-2/h10-13,22,25-26H,4-9,14-21H2,1-3H3. The predicted octanol–water partition coefficient (Wildman–Crippen LogP) is 6.01. The third kappa shape index (κ3) is 8.79. The molecule has 1 N–H and O–H groups in total. The highest BCUT2D eigenvalue weighted by atomic mass is 15.1.